The highest BCUT2D eigenvalue weighted by molar-refractivity contribution is 4.62. The Hall–Kier alpha value is -0.0800. The van der Waals surface area contributed by atoms with E-state index in [4.69, 9.17) is 9.47 Å². The fourth-order valence-electron chi connectivity index (χ4n) is 2.50. The van der Waals surface area contributed by atoms with Crippen molar-refractivity contribution in [2.45, 2.75) is 71.1 Å². The Morgan fingerprint density at radius 3 is 2.17 bits per heavy atom. The van der Waals surface area contributed by atoms with Gasteiger partial charge in [-0.2, -0.15) is 0 Å². The first-order valence-corrected chi connectivity index (χ1v) is 8.09. The zero-order valence-electron chi connectivity index (χ0n) is 12.3. The van der Waals surface area contributed by atoms with Crippen LogP contribution in [0.4, 0.5) is 0 Å². The monoisotopic (exact) mass is 256 g/mol. The van der Waals surface area contributed by atoms with E-state index in [2.05, 4.69) is 6.92 Å². The maximum absolute atomic E-state index is 5.76. The van der Waals surface area contributed by atoms with Crippen LogP contribution < -0.4 is 0 Å². The predicted molar refractivity (Wildman–Crippen MR) is 77.0 cm³/mol. The maximum atomic E-state index is 5.76. The summed E-state index contributed by atoms with van der Waals surface area (Å²) in [4.78, 5) is 0. The fourth-order valence-corrected chi connectivity index (χ4v) is 2.50. The zero-order chi connectivity index (χ0) is 12.9. The van der Waals surface area contributed by atoms with E-state index in [-0.39, 0.29) is 0 Å². The zero-order valence-corrected chi connectivity index (χ0v) is 12.3. The van der Waals surface area contributed by atoms with Crippen LogP contribution in [0.25, 0.3) is 0 Å². The van der Waals surface area contributed by atoms with Gasteiger partial charge in [0.05, 0.1) is 0 Å². The summed E-state index contributed by atoms with van der Waals surface area (Å²) in [5.74, 6) is 0.757. The third kappa shape index (κ3) is 8.93. The molecule has 1 fully saturated rings. The molecule has 0 aliphatic carbocycles. The van der Waals surface area contributed by atoms with Crippen LogP contribution in [0.15, 0.2) is 0 Å². The standard InChI is InChI=1S/C16H32O2/c1-2-3-4-5-6-7-8-9-12-18-15-16-10-13-17-14-11-16/h16H,2-15H2,1H3. The molecule has 0 N–H and O–H groups in total. The summed E-state index contributed by atoms with van der Waals surface area (Å²) >= 11 is 0. The Morgan fingerprint density at radius 2 is 1.50 bits per heavy atom. The molecule has 0 aromatic carbocycles. The van der Waals surface area contributed by atoms with Gasteiger partial charge in [0.15, 0.2) is 0 Å². The highest BCUT2D eigenvalue weighted by Gasteiger charge is 2.13. The quantitative estimate of drug-likeness (QED) is 0.504. The number of hydrogen-bond donors (Lipinski definition) is 0. The van der Waals surface area contributed by atoms with Crippen LogP contribution >= 0.6 is 0 Å². The molecule has 0 spiro atoms. The van der Waals surface area contributed by atoms with Gasteiger partial charge in [0.2, 0.25) is 0 Å². The minimum absolute atomic E-state index is 0.757. The van der Waals surface area contributed by atoms with E-state index in [1.54, 1.807) is 0 Å². The van der Waals surface area contributed by atoms with Crippen molar-refractivity contribution in [1.29, 1.82) is 0 Å². The molecule has 0 radical (unpaired) electrons. The van der Waals surface area contributed by atoms with Gasteiger partial charge in [-0.05, 0) is 25.2 Å². The van der Waals surface area contributed by atoms with Crippen LogP contribution in [0.5, 0.6) is 0 Å². The van der Waals surface area contributed by atoms with Gasteiger partial charge in [-0.15, -0.1) is 0 Å². The van der Waals surface area contributed by atoms with E-state index in [0.29, 0.717) is 0 Å². The first-order chi connectivity index (χ1) is 8.93. The van der Waals surface area contributed by atoms with Gasteiger partial charge in [0.1, 0.15) is 0 Å². The SMILES string of the molecule is CCCCCCCCCCOCC1CCOCC1. The summed E-state index contributed by atoms with van der Waals surface area (Å²) in [6.45, 7) is 6.07. The van der Waals surface area contributed by atoms with E-state index < -0.39 is 0 Å². The van der Waals surface area contributed by atoms with Gasteiger partial charge in [-0.1, -0.05) is 51.9 Å². The molecule has 108 valence electrons. The second-order valence-corrected chi connectivity index (χ2v) is 5.61. The maximum Gasteiger partial charge on any atom is 0.0495 e. The largest absolute Gasteiger partial charge is 0.381 e. The third-order valence-corrected chi connectivity index (χ3v) is 3.84. The van der Waals surface area contributed by atoms with Crippen molar-refractivity contribution in [3.8, 4) is 0 Å². The van der Waals surface area contributed by atoms with E-state index >= 15 is 0 Å². The summed E-state index contributed by atoms with van der Waals surface area (Å²) in [5, 5.41) is 0. The Balaban J connectivity index is 1.73. The average molecular weight is 256 g/mol. The van der Waals surface area contributed by atoms with Gasteiger partial charge in [0.25, 0.3) is 0 Å². The van der Waals surface area contributed by atoms with Gasteiger partial charge >= 0.3 is 0 Å². The molecule has 0 saturated carbocycles. The van der Waals surface area contributed by atoms with Gasteiger partial charge in [-0.3, -0.25) is 0 Å². The lowest BCUT2D eigenvalue weighted by atomic mass is 10.0. The molecule has 0 atom stereocenters. The molecule has 0 aromatic rings. The topological polar surface area (TPSA) is 18.5 Å². The van der Waals surface area contributed by atoms with Gasteiger partial charge < -0.3 is 9.47 Å². The van der Waals surface area contributed by atoms with Crippen LogP contribution in [-0.2, 0) is 9.47 Å². The average Bonchev–Trinajstić information content (AvgIpc) is 2.42. The van der Waals surface area contributed by atoms with Crippen LogP contribution in [0.2, 0.25) is 0 Å². The van der Waals surface area contributed by atoms with E-state index in [1.807, 2.05) is 0 Å². The summed E-state index contributed by atoms with van der Waals surface area (Å²) in [6, 6.07) is 0. The molecule has 1 aliphatic rings. The molecule has 0 aromatic heterocycles. The first-order valence-electron chi connectivity index (χ1n) is 8.09. The second kappa shape index (κ2) is 12.0. The van der Waals surface area contributed by atoms with Crippen molar-refractivity contribution in [3.05, 3.63) is 0 Å². The summed E-state index contributed by atoms with van der Waals surface area (Å²) < 4.78 is 11.1. The highest BCUT2D eigenvalue weighted by Crippen LogP contribution is 2.15. The second-order valence-electron chi connectivity index (χ2n) is 5.61. The van der Waals surface area contributed by atoms with E-state index in [1.165, 1.54) is 64.2 Å². The lowest BCUT2D eigenvalue weighted by molar-refractivity contribution is 0.0198. The lowest BCUT2D eigenvalue weighted by Gasteiger charge is -2.21. The smallest absolute Gasteiger partial charge is 0.0495 e. The minimum Gasteiger partial charge on any atom is -0.381 e. The molecule has 1 saturated heterocycles. The molecular weight excluding hydrogens is 224 g/mol. The Labute approximate surface area is 113 Å². The molecule has 0 unspecified atom stereocenters. The van der Waals surface area contributed by atoms with Crippen molar-refractivity contribution in [2.75, 3.05) is 26.4 Å². The van der Waals surface area contributed by atoms with Crippen molar-refractivity contribution in [1.82, 2.24) is 0 Å². The normalized spacial score (nSPS) is 17.2. The molecule has 1 heterocycles. The minimum atomic E-state index is 0.757. The number of hydrogen-bond acceptors (Lipinski definition) is 2. The van der Waals surface area contributed by atoms with Crippen molar-refractivity contribution < 1.29 is 9.47 Å². The van der Waals surface area contributed by atoms with Crippen LogP contribution in [-0.4, -0.2) is 26.4 Å². The fraction of sp³-hybridized carbons (Fsp3) is 1.00. The van der Waals surface area contributed by atoms with Crippen molar-refractivity contribution in [3.63, 3.8) is 0 Å². The first kappa shape index (κ1) is 16.0. The summed E-state index contributed by atoms with van der Waals surface area (Å²) in [6.07, 6.45) is 13.4. The Morgan fingerprint density at radius 1 is 0.889 bits per heavy atom. The summed E-state index contributed by atoms with van der Waals surface area (Å²) in [5.41, 5.74) is 0. The summed E-state index contributed by atoms with van der Waals surface area (Å²) in [7, 11) is 0. The molecule has 2 nitrogen and oxygen atoms in total. The van der Waals surface area contributed by atoms with Gasteiger partial charge in [-0.25, -0.2) is 0 Å². The number of unbranched alkanes of at least 4 members (excludes halogenated alkanes) is 7. The van der Waals surface area contributed by atoms with Crippen LogP contribution in [0.3, 0.4) is 0 Å². The lowest BCUT2D eigenvalue weighted by Crippen LogP contribution is -2.20. The molecule has 0 amide bonds. The highest BCUT2D eigenvalue weighted by atomic mass is 16.5. The van der Waals surface area contributed by atoms with Crippen LogP contribution in [0.1, 0.15) is 71.1 Å². The van der Waals surface area contributed by atoms with Crippen molar-refractivity contribution in [2.24, 2.45) is 5.92 Å². The van der Waals surface area contributed by atoms with E-state index in [0.717, 1.165) is 32.3 Å². The Kier molecular flexibility index (Phi) is 10.6. The third-order valence-electron chi connectivity index (χ3n) is 3.84. The number of ether oxygens (including phenoxy) is 2. The molecule has 2 heteroatoms. The molecule has 18 heavy (non-hydrogen) atoms. The van der Waals surface area contributed by atoms with E-state index in [9.17, 15) is 0 Å². The van der Waals surface area contributed by atoms with Crippen LogP contribution in [0, 0.1) is 5.92 Å². The molecule has 0 bridgehead atoms. The number of rotatable bonds is 11. The van der Waals surface area contributed by atoms with Crippen molar-refractivity contribution >= 4 is 0 Å². The molecular formula is C16H32O2. The Bertz CT molecular complexity index is 164. The predicted octanol–water partition coefficient (Wildman–Crippen LogP) is 4.57. The molecule has 1 aliphatic heterocycles. The van der Waals surface area contributed by atoms with Gasteiger partial charge in [0, 0.05) is 26.4 Å². The molecule has 1 rings (SSSR count).